The fourth-order valence-electron chi connectivity index (χ4n) is 4.65. The molecule has 3 aromatic rings. The summed E-state index contributed by atoms with van der Waals surface area (Å²) in [5.74, 6) is -0.347. The summed E-state index contributed by atoms with van der Waals surface area (Å²) in [5, 5.41) is 18.1. The second-order valence-electron chi connectivity index (χ2n) is 10.5. The largest absolute Gasteiger partial charge is 0.488 e. The number of aliphatic hydroxyl groups is 1. The van der Waals surface area contributed by atoms with Crippen molar-refractivity contribution in [1.29, 1.82) is 0 Å². The molecule has 0 radical (unpaired) electrons. The molecule has 0 saturated heterocycles. The van der Waals surface area contributed by atoms with Gasteiger partial charge in [-0.2, -0.15) is 0 Å². The van der Waals surface area contributed by atoms with Crippen molar-refractivity contribution >= 4 is 35.0 Å². The number of nitrogens with zero attached hydrogens (tertiary/aromatic N) is 2. The predicted molar refractivity (Wildman–Crippen MR) is 159 cm³/mol. The molecule has 3 aromatic carbocycles. The Labute approximate surface area is 244 Å². The Hall–Kier alpha value is -4.64. The minimum absolute atomic E-state index is 0.0153. The van der Waals surface area contributed by atoms with Gasteiger partial charge >= 0.3 is 12.1 Å². The molecule has 4 rings (SSSR count). The molecule has 10 nitrogen and oxygen atoms in total. The Balaban J connectivity index is 1.55. The van der Waals surface area contributed by atoms with E-state index in [9.17, 15) is 23.9 Å². The highest BCUT2D eigenvalue weighted by Crippen LogP contribution is 2.29. The summed E-state index contributed by atoms with van der Waals surface area (Å²) in [7, 11) is 1.67. The number of ether oxygens (including phenoxy) is 1. The van der Waals surface area contributed by atoms with Crippen molar-refractivity contribution in [1.82, 2.24) is 9.80 Å². The van der Waals surface area contributed by atoms with E-state index < -0.39 is 24.0 Å². The van der Waals surface area contributed by atoms with Crippen molar-refractivity contribution in [2.45, 2.75) is 32.4 Å². The predicted octanol–water partition coefficient (Wildman–Crippen LogP) is 4.78. The fraction of sp³-hybridized carbons (Fsp3) is 0.323. The third-order valence-corrected chi connectivity index (χ3v) is 7.10. The van der Waals surface area contributed by atoms with Crippen LogP contribution in [-0.4, -0.2) is 71.8 Å². The number of benzene rings is 3. The molecular formula is C31H36FN5O5. The second kappa shape index (κ2) is 13.8. The van der Waals surface area contributed by atoms with Crippen LogP contribution in [0.1, 0.15) is 19.4 Å². The number of carbonyl (C=O) groups excluding carboxylic acids is 3. The summed E-state index contributed by atoms with van der Waals surface area (Å²) < 4.78 is 19.6. The third kappa shape index (κ3) is 7.97. The number of carbonyl (C=O) groups is 3. The van der Waals surface area contributed by atoms with Gasteiger partial charge in [0.1, 0.15) is 17.7 Å². The van der Waals surface area contributed by atoms with Gasteiger partial charge in [0.25, 0.3) is 0 Å². The van der Waals surface area contributed by atoms with Crippen molar-refractivity contribution in [3.05, 3.63) is 84.2 Å². The molecule has 0 saturated carbocycles. The molecule has 1 aliphatic heterocycles. The van der Waals surface area contributed by atoms with Gasteiger partial charge in [0.15, 0.2) is 0 Å². The van der Waals surface area contributed by atoms with E-state index in [0.717, 1.165) is 0 Å². The Kier molecular flexibility index (Phi) is 9.98. The van der Waals surface area contributed by atoms with Crippen molar-refractivity contribution in [3.63, 3.8) is 0 Å². The molecule has 42 heavy (non-hydrogen) atoms. The average molecular weight is 578 g/mol. The highest BCUT2D eigenvalue weighted by Gasteiger charge is 2.32. The van der Waals surface area contributed by atoms with Gasteiger partial charge in [0, 0.05) is 42.1 Å². The SMILES string of the molecule is C[C@H]1CN([C@@H](C)CO)C(=O)Cc2cc(NC(=O)Nc3ccc(F)cc3)ccc2O[C@H]1CN(C)C(=O)Nc1ccccc1. The Bertz CT molecular complexity index is 1390. The van der Waals surface area contributed by atoms with Crippen LogP contribution in [0.3, 0.4) is 0 Å². The van der Waals surface area contributed by atoms with Gasteiger partial charge in [0.2, 0.25) is 5.91 Å². The number of hydrogen-bond acceptors (Lipinski definition) is 5. The van der Waals surface area contributed by atoms with Gasteiger partial charge in [-0.05, 0) is 61.5 Å². The lowest BCUT2D eigenvalue weighted by atomic mass is 10.0. The van der Waals surface area contributed by atoms with E-state index in [0.29, 0.717) is 34.9 Å². The Morgan fingerprint density at radius 3 is 2.36 bits per heavy atom. The quantitative estimate of drug-likeness (QED) is 0.322. The first-order valence-electron chi connectivity index (χ1n) is 13.7. The maximum Gasteiger partial charge on any atom is 0.323 e. The fourth-order valence-corrected chi connectivity index (χ4v) is 4.65. The van der Waals surface area contributed by atoms with Crippen LogP contribution in [0.25, 0.3) is 0 Å². The summed E-state index contributed by atoms with van der Waals surface area (Å²) >= 11 is 0. The number of anilines is 3. The van der Waals surface area contributed by atoms with E-state index in [-0.39, 0.29) is 37.4 Å². The van der Waals surface area contributed by atoms with E-state index in [4.69, 9.17) is 4.74 Å². The second-order valence-corrected chi connectivity index (χ2v) is 10.5. The minimum atomic E-state index is -0.537. The van der Waals surface area contributed by atoms with Crippen LogP contribution in [-0.2, 0) is 11.2 Å². The highest BCUT2D eigenvalue weighted by molar-refractivity contribution is 6.00. The zero-order valence-electron chi connectivity index (χ0n) is 23.8. The number of halogens is 1. The molecular weight excluding hydrogens is 541 g/mol. The van der Waals surface area contributed by atoms with Crippen molar-refractivity contribution in [3.8, 4) is 5.75 Å². The van der Waals surface area contributed by atoms with Crippen molar-refractivity contribution in [2.24, 2.45) is 5.92 Å². The third-order valence-electron chi connectivity index (χ3n) is 7.10. The van der Waals surface area contributed by atoms with Gasteiger partial charge in [-0.1, -0.05) is 25.1 Å². The molecule has 11 heteroatoms. The van der Waals surface area contributed by atoms with Crippen LogP contribution < -0.4 is 20.7 Å². The first kappa shape index (κ1) is 30.3. The molecule has 0 bridgehead atoms. The van der Waals surface area contributed by atoms with Gasteiger partial charge in [0.05, 0.1) is 25.6 Å². The first-order chi connectivity index (χ1) is 20.1. The Morgan fingerprint density at radius 1 is 1.02 bits per heavy atom. The summed E-state index contributed by atoms with van der Waals surface area (Å²) in [6.07, 6.45) is -0.506. The molecule has 1 aliphatic rings. The summed E-state index contributed by atoms with van der Waals surface area (Å²) in [6.45, 7) is 4.06. The monoisotopic (exact) mass is 577 g/mol. The molecule has 0 spiro atoms. The van der Waals surface area contributed by atoms with Crippen LogP contribution in [0, 0.1) is 11.7 Å². The molecule has 1 heterocycles. The van der Waals surface area contributed by atoms with Gasteiger partial charge in [-0.15, -0.1) is 0 Å². The number of hydrogen-bond donors (Lipinski definition) is 4. The maximum absolute atomic E-state index is 13.4. The lowest BCUT2D eigenvalue weighted by Crippen LogP contribution is -2.48. The topological polar surface area (TPSA) is 123 Å². The zero-order chi connectivity index (χ0) is 30.2. The molecule has 5 amide bonds. The highest BCUT2D eigenvalue weighted by atomic mass is 19.1. The normalized spacial score (nSPS) is 17.5. The number of urea groups is 2. The first-order valence-corrected chi connectivity index (χ1v) is 13.7. The zero-order valence-corrected chi connectivity index (χ0v) is 23.8. The molecule has 3 atom stereocenters. The molecule has 0 unspecified atom stereocenters. The van der Waals surface area contributed by atoms with Crippen LogP contribution in [0.15, 0.2) is 72.8 Å². The minimum Gasteiger partial charge on any atom is -0.488 e. The van der Waals surface area contributed by atoms with Crippen LogP contribution >= 0.6 is 0 Å². The summed E-state index contributed by atoms with van der Waals surface area (Å²) in [6, 6.07) is 18.2. The van der Waals surface area contributed by atoms with E-state index in [1.54, 1.807) is 49.2 Å². The standard InChI is InChI=1S/C31H36FN5O5/c1-20-17-37(21(2)19-38)29(39)16-22-15-26(34-30(40)33-25-11-9-23(32)10-12-25)13-14-27(22)42-28(20)18-36(3)31(41)35-24-7-5-4-6-8-24/h4-15,20-21,28,38H,16-19H2,1-3H3,(H,35,41)(H2,33,34,40)/t20-,21-,28-/m0/s1. The van der Waals surface area contributed by atoms with E-state index in [2.05, 4.69) is 16.0 Å². The number of likely N-dealkylation sites (N-methyl/N-ethyl adjacent to an activating group) is 1. The Morgan fingerprint density at radius 2 is 1.67 bits per heavy atom. The van der Waals surface area contributed by atoms with Gasteiger partial charge < -0.3 is 35.6 Å². The summed E-state index contributed by atoms with van der Waals surface area (Å²) in [4.78, 5) is 42.1. The summed E-state index contributed by atoms with van der Waals surface area (Å²) in [5.41, 5.74) is 2.06. The van der Waals surface area contributed by atoms with E-state index >= 15 is 0 Å². The van der Waals surface area contributed by atoms with Crippen LogP contribution in [0.4, 0.5) is 31.0 Å². The van der Waals surface area contributed by atoms with E-state index in [1.807, 2.05) is 25.1 Å². The van der Waals surface area contributed by atoms with Crippen LogP contribution in [0.2, 0.25) is 0 Å². The number of aliphatic hydroxyl groups excluding tert-OH is 1. The van der Waals surface area contributed by atoms with Crippen LogP contribution in [0.5, 0.6) is 5.75 Å². The van der Waals surface area contributed by atoms with Gasteiger partial charge in [-0.3, -0.25) is 4.79 Å². The molecule has 4 N–H and O–H groups in total. The lowest BCUT2D eigenvalue weighted by molar-refractivity contribution is -0.134. The smallest absolute Gasteiger partial charge is 0.323 e. The molecule has 222 valence electrons. The number of fused-ring (bicyclic) bond motifs is 1. The van der Waals surface area contributed by atoms with Crippen molar-refractivity contribution < 1.29 is 28.6 Å². The number of para-hydroxylation sites is 1. The molecule has 0 aromatic heterocycles. The molecule has 0 fully saturated rings. The average Bonchev–Trinajstić information content (AvgIpc) is 3.01. The number of amides is 5. The van der Waals surface area contributed by atoms with Crippen molar-refractivity contribution in [2.75, 3.05) is 42.7 Å². The van der Waals surface area contributed by atoms with E-state index in [1.165, 1.54) is 29.2 Å². The maximum atomic E-state index is 13.4. The van der Waals surface area contributed by atoms with Gasteiger partial charge in [-0.25, -0.2) is 14.0 Å². The molecule has 0 aliphatic carbocycles. The number of rotatable bonds is 7. The lowest BCUT2D eigenvalue weighted by Gasteiger charge is -2.34. The number of nitrogens with one attached hydrogen (secondary N) is 3.